The molecule has 0 aliphatic heterocycles. The fraction of sp³-hybridized carbons (Fsp3) is 0.154. The van der Waals surface area contributed by atoms with Crippen LogP contribution in [0.3, 0.4) is 0 Å². The SMILES string of the molecule is CN(c1ncccc1-c1ccc2cnc(=O)[nH]n12)S(C)(=O)=O. The molecule has 3 aromatic heterocycles. The highest BCUT2D eigenvalue weighted by atomic mass is 32.2. The van der Waals surface area contributed by atoms with Gasteiger partial charge in [-0.25, -0.2) is 23.3 Å². The maximum Gasteiger partial charge on any atom is 0.360 e. The number of hydrogen-bond acceptors (Lipinski definition) is 5. The van der Waals surface area contributed by atoms with Crippen LogP contribution in [0.4, 0.5) is 5.82 Å². The summed E-state index contributed by atoms with van der Waals surface area (Å²) in [7, 11) is -2.02. The summed E-state index contributed by atoms with van der Waals surface area (Å²) in [5.74, 6) is 0.280. The summed E-state index contributed by atoms with van der Waals surface area (Å²) in [6.07, 6.45) is 4.06. The highest BCUT2D eigenvalue weighted by Crippen LogP contribution is 2.29. The second-order valence-electron chi connectivity index (χ2n) is 4.76. The third-order valence-corrected chi connectivity index (χ3v) is 4.46. The summed E-state index contributed by atoms with van der Waals surface area (Å²) < 4.78 is 26.2. The Kier molecular flexibility index (Phi) is 3.21. The average molecular weight is 319 g/mol. The number of nitrogens with one attached hydrogen (secondary N) is 1. The van der Waals surface area contributed by atoms with Gasteiger partial charge in [0.05, 0.1) is 23.7 Å². The minimum Gasteiger partial charge on any atom is -0.257 e. The van der Waals surface area contributed by atoms with Gasteiger partial charge in [0.1, 0.15) is 0 Å². The predicted octanol–water partition coefficient (Wildman–Crippen LogP) is 0.480. The number of hydrogen-bond donors (Lipinski definition) is 1. The molecule has 0 spiro atoms. The molecule has 3 heterocycles. The molecule has 22 heavy (non-hydrogen) atoms. The van der Waals surface area contributed by atoms with Crippen LogP contribution >= 0.6 is 0 Å². The van der Waals surface area contributed by atoms with Crippen molar-refractivity contribution in [3.05, 3.63) is 47.1 Å². The highest BCUT2D eigenvalue weighted by molar-refractivity contribution is 7.92. The molecule has 3 aromatic rings. The van der Waals surface area contributed by atoms with Crippen LogP contribution in [0.25, 0.3) is 16.8 Å². The first-order valence-corrected chi connectivity index (χ1v) is 8.19. The van der Waals surface area contributed by atoms with Crippen LogP contribution in [0.1, 0.15) is 0 Å². The van der Waals surface area contributed by atoms with Gasteiger partial charge in [-0.05, 0) is 24.3 Å². The van der Waals surface area contributed by atoms with E-state index in [4.69, 9.17) is 0 Å². The summed E-state index contributed by atoms with van der Waals surface area (Å²) in [6.45, 7) is 0. The van der Waals surface area contributed by atoms with Gasteiger partial charge < -0.3 is 0 Å². The molecule has 114 valence electrons. The lowest BCUT2D eigenvalue weighted by Gasteiger charge is -2.18. The van der Waals surface area contributed by atoms with Crippen LogP contribution in [0, 0.1) is 0 Å². The molecule has 0 aliphatic rings. The zero-order valence-electron chi connectivity index (χ0n) is 11.9. The Labute approximate surface area is 126 Å². The molecular formula is C13H13N5O3S. The molecule has 0 atom stereocenters. The van der Waals surface area contributed by atoms with Crippen molar-refractivity contribution in [1.82, 2.24) is 19.6 Å². The number of H-pyrrole nitrogens is 1. The summed E-state index contributed by atoms with van der Waals surface area (Å²) in [5.41, 5.74) is 1.39. The molecule has 0 unspecified atom stereocenters. The first-order chi connectivity index (χ1) is 10.4. The van der Waals surface area contributed by atoms with E-state index in [0.717, 1.165) is 10.6 Å². The Morgan fingerprint density at radius 2 is 2.00 bits per heavy atom. The van der Waals surface area contributed by atoms with Crippen LogP contribution in [0.5, 0.6) is 0 Å². The Bertz CT molecular complexity index is 1010. The van der Waals surface area contributed by atoms with Gasteiger partial charge in [-0.1, -0.05) is 0 Å². The van der Waals surface area contributed by atoms with E-state index >= 15 is 0 Å². The van der Waals surface area contributed by atoms with E-state index in [1.54, 1.807) is 28.8 Å². The number of fused-ring (bicyclic) bond motifs is 1. The third-order valence-electron chi connectivity index (χ3n) is 3.29. The molecule has 0 fully saturated rings. The van der Waals surface area contributed by atoms with E-state index in [1.165, 1.54) is 19.4 Å². The lowest BCUT2D eigenvalue weighted by atomic mass is 10.2. The quantitative estimate of drug-likeness (QED) is 0.757. The molecule has 8 nitrogen and oxygen atoms in total. The van der Waals surface area contributed by atoms with E-state index in [9.17, 15) is 13.2 Å². The number of anilines is 1. The monoisotopic (exact) mass is 319 g/mol. The molecule has 0 aliphatic carbocycles. The predicted molar refractivity (Wildman–Crippen MR) is 82.3 cm³/mol. The van der Waals surface area contributed by atoms with Crippen LogP contribution in [-0.2, 0) is 10.0 Å². The fourth-order valence-corrected chi connectivity index (χ4v) is 2.60. The molecule has 0 saturated heterocycles. The second-order valence-corrected chi connectivity index (χ2v) is 6.77. The van der Waals surface area contributed by atoms with Gasteiger partial charge in [-0.2, -0.15) is 4.98 Å². The number of pyridine rings is 1. The Hall–Kier alpha value is -2.68. The molecule has 3 rings (SSSR count). The third kappa shape index (κ3) is 2.35. The van der Waals surface area contributed by atoms with Crippen molar-refractivity contribution in [1.29, 1.82) is 0 Å². The van der Waals surface area contributed by atoms with Crippen molar-refractivity contribution in [3.8, 4) is 11.3 Å². The molecule has 1 N–H and O–H groups in total. The van der Waals surface area contributed by atoms with E-state index in [0.29, 0.717) is 16.8 Å². The maximum atomic E-state index is 11.8. The van der Waals surface area contributed by atoms with E-state index in [2.05, 4.69) is 15.1 Å². The number of aromatic nitrogens is 4. The summed E-state index contributed by atoms with van der Waals surface area (Å²) >= 11 is 0. The molecular weight excluding hydrogens is 306 g/mol. The molecule has 0 amide bonds. The normalized spacial score (nSPS) is 11.7. The molecule has 0 radical (unpaired) electrons. The van der Waals surface area contributed by atoms with Gasteiger partial charge in [-0.15, -0.1) is 0 Å². The molecule has 0 aromatic carbocycles. The van der Waals surface area contributed by atoms with Crippen molar-refractivity contribution < 1.29 is 8.42 Å². The lowest BCUT2D eigenvalue weighted by Crippen LogP contribution is -2.26. The van der Waals surface area contributed by atoms with Gasteiger partial charge in [0.25, 0.3) is 0 Å². The number of aromatic amines is 1. The van der Waals surface area contributed by atoms with Crippen LogP contribution in [-0.4, -0.2) is 41.3 Å². The largest absolute Gasteiger partial charge is 0.360 e. The number of sulfonamides is 1. The Morgan fingerprint density at radius 3 is 2.73 bits per heavy atom. The van der Waals surface area contributed by atoms with Crippen molar-refractivity contribution >= 4 is 21.4 Å². The first kappa shape index (κ1) is 14.3. The number of rotatable bonds is 3. The van der Waals surface area contributed by atoms with Crippen LogP contribution in [0.2, 0.25) is 0 Å². The molecule has 0 saturated carbocycles. The maximum absolute atomic E-state index is 11.8. The first-order valence-electron chi connectivity index (χ1n) is 6.34. The van der Waals surface area contributed by atoms with E-state index < -0.39 is 15.7 Å². The molecule has 0 bridgehead atoms. The zero-order chi connectivity index (χ0) is 15.9. The molecule has 9 heteroatoms. The summed E-state index contributed by atoms with van der Waals surface area (Å²) in [6, 6.07) is 6.98. The van der Waals surface area contributed by atoms with Crippen LogP contribution in [0.15, 0.2) is 41.5 Å². The van der Waals surface area contributed by atoms with E-state index in [-0.39, 0.29) is 5.82 Å². The highest BCUT2D eigenvalue weighted by Gasteiger charge is 2.19. The fourth-order valence-electron chi connectivity index (χ4n) is 2.14. The van der Waals surface area contributed by atoms with Gasteiger partial charge in [0.15, 0.2) is 5.82 Å². The average Bonchev–Trinajstić information content (AvgIpc) is 2.88. The Balaban J connectivity index is 2.28. The van der Waals surface area contributed by atoms with Gasteiger partial charge >= 0.3 is 5.69 Å². The lowest BCUT2D eigenvalue weighted by molar-refractivity contribution is 0.600. The minimum absolute atomic E-state index is 0.280. The standard InChI is InChI=1S/C13H13N5O3S/c1-17(22(2,20)21)12-10(4-3-7-14-12)11-6-5-9-8-15-13(19)16-18(9)11/h3-8H,1-2H3,(H,16,19). The number of nitrogens with zero attached hydrogens (tertiary/aromatic N) is 4. The minimum atomic E-state index is -3.45. The van der Waals surface area contributed by atoms with Gasteiger partial charge in [-0.3, -0.25) is 8.82 Å². The van der Waals surface area contributed by atoms with E-state index in [1.807, 2.05) is 0 Å². The van der Waals surface area contributed by atoms with Crippen molar-refractivity contribution in [2.24, 2.45) is 0 Å². The van der Waals surface area contributed by atoms with Crippen LogP contribution < -0.4 is 9.99 Å². The van der Waals surface area contributed by atoms with Gasteiger partial charge in [0.2, 0.25) is 10.0 Å². The van der Waals surface area contributed by atoms with Crippen molar-refractivity contribution in [3.63, 3.8) is 0 Å². The smallest absolute Gasteiger partial charge is 0.257 e. The Morgan fingerprint density at radius 1 is 1.23 bits per heavy atom. The second kappa shape index (κ2) is 4.95. The van der Waals surface area contributed by atoms with Crippen molar-refractivity contribution in [2.45, 2.75) is 0 Å². The summed E-state index contributed by atoms with van der Waals surface area (Å²) in [4.78, 5) is 19.2. The summed E-state index contributed by atoms with van der Waals surface area (Å²) in [5, 5.41) is 2.60. The van der Waals surface area contributed by atoms with Gasteiger partial charge in [0, 0.05) is 18.8 Å². The topological polar surface area (TPSA) is 100 Å². The van der Waals surface area contributed by atoms with Crippen molar-refractivity contribution in [2.75, 3.05) is 17.6 Å². The zero-order valence-corrected chi connectivity index (χ0v) is 12.7.